The predicted octanol–water partition coefficient (Wildman–Crippen LogP) is 4.69. The fraction of sp³-hybridized carbons (Fsp3) is 0.111. The summed E-state index contributed by atoms with van der Waals surface area (Å²) in [4.78, 5) is 0. The number of halogens is 2. The van der Waals surface area contributed by atoms with E-state index >= 15 is 0 Å². The lowest BCUT2D eigenvalue weighted by molar-refractivity contribution is 0.882. The van der Waals surface area contributed by atoms with Crippen LogP contribution in [0.25, 0.3) is 16.9 Å². The molecule has 0 spiro atoms. The van der Waals surface area contributed by atoms with Crippen LogP contribution < -0.4 is 5.32 Å². The van der Waals surface area contributed by atoms with Crippen LogP contribution in [0, 0.1) is 11.3 Å². The second-order valence-corrected chi connectivity index (χ2v) is 6.37. The molecule has 4 rings (SSSR count). The van der Waals surface area contributed by atoms with Crippen molar-refractivity contribution in [1.82, 2.24) is 9.78 Å². The van der Waals surface area contributed by atoms with Crippen LogP contribution in [-0.4, -0.2) is 16.3 Å². The monoisotopic (exact) mass is 354 g/mol. The average molecular weight is 355 g/mol. The molecule has 0 fully saturated rings. The first-order valence-electron chi connectivity index (χ1n) is 7.49. The van der Waals surface area contributed by atoms with Gasteiger partial charge in [0.25, 0.3) is 0 Å². The predicted molar refractivity (Wildman–Crippen MR) is 95.9 cm³/mol. The second kappa shape index (κ2) is 5.86. The van der Waals surface area contributed by atoms with Crippen molar-refractivity contribution < 1.29 is 0 Å². The Kier molecular flexibility index (Phi) is 3.68. The maximum Gasteiger partial charge on any atom is 0.133 e. The Hall–Kier alpha value is -2.48. The van der Waals surface area contributed by atoms with Crippen molar-refractivity contribution in [2.45, 2.75) is 6.42 Å². The normalized spacial score (nSPS) is 12.5. The molecule has 0 amide bonds. The minimum Gasteiger partial charge on any atom is -0.369 e. The number of anilines is 1. The number of fused-ring (bicyclic) bond motifs is 1. The van der Waals surface area contributed by atoms with Gasteiger partial charge in [0.1, 0.15) is 5.82 Å². The van der Waals surface area contributed by atoms with Gasteiger partial charge in [-0.05, 0) is 42.8 Å². The molecule has 2 aromatic carbocycles. The molecule has 0 atom stereocenters. The summed E-state index contributed by atoms with van der Waals surface area (Å²) >= 11 is 12.2. The number of hydrogen-bond acceptors (Lipinski definition) is 3. The fourth-order valence-electron chi connectivity index (χ4n) is 2.91. The van der Waals surface area contributed by atoms with Gasteiger partial charge in [0.05, 0.1) is 33.1 Å². The van der Waals surface area contributed by atoms with E-state index in [1.54, 1.807) is 18.2 Å². The van der Waals surface area contributed by atoms with E-state index < -0.39 is 0 Å². The van der Waals surface area contributed by atoms with Crippen molar-refractivity contribution in [2.24, 2.45) is 0 Å². The molecule has 6 heteroatoms. The standard InChI is InChI=1S/C18H12Cl2N4/c19-15-6-3-12(9-16(15)20)17-14-7-8-22-18(14)24(23-17)13-4-1-11(10-21)2-5-13/h1-6,9,22H,7-8H2. The molecule has 0 aliphatic carbocycles. The Bertz CT molecular complexity index is 968. The Morgan fingerprint density at radius 1 is 1.08 bits per heavy atom. The number of nitriles is 1. The Balaban J connectivity index is 1.85. The molecule has 1 aromatic heterocycles. The SMILES string of the molecule is N#Cc1ccc(-n2nc(-c3ccc(Cl)c(Cl)c3)c3c2NCC3)cc1. The molecular formula is C18H12Cl2N4. The summed E-state index contributed by atoms with van der Waals surface area (Å²) in [5.41, 5.74) is 4.54. The number of rotatable bonds is 2. The molecule has 2 heterocycles. The van der Waals surface area contributed by atoms with Crippen LogP contribution >= 0.6 is 23.2 Å². The van der Waals surface area contributed by atoms with Crippen LogP contribution in [0.1, 0.15) is 11.1 Å². The molecule has 1 aliphatic heterocycles. The molecule has 0 unspecified atom stereocenters. The van der Waals surface area contributed by atoms with Gasteiger partial charge in [0.2, 0.25) is 0 Å². The summed E-state index contributed by atoms with van der Waals surface area (Å²) in [6.45, 7) is 0.873. The Morgan fingerprint density at radius 2 is 1.88 bits per heavy atom. The fourth-order valence-corrected chi connectivity index (χ4v) is 3.21. The van der Waals surface area contributed by atoms with E-state index in [2.05, 4.69) is 11.4 Å². The van der Waals surface area contributed by atoms with Crippen LogP contribution in [0.2, 0.25) is 10.0 Å². The van der Waals surface area contributed by atoms with Gasteiger partial charge < -0.3 is 5.32 Å². The highest BCUT2D eigenvalue weighted by Gasteiger charge is 2.24. The lowest BCUT2D eigenvalue weighted by Gasteiger charge is -2.06. The van der Waals surface area contributed by atoms with Gasteiger partial charge >= 0.3 is 0 Å². The zero-order valence-electron chi connectivity index (χ0n) is 12.6. The molecule has 3 aromatic rings. The van der Waals surface area contributed by atoms with Gasteiger partial charge in [-0.2, -0.15) is 10.4 Å². The number of hydrogen-bond donors (Lipinski definition) is 1. The first-order chi connectivity index (χ1) is 11.7. The van der Waals surface area contributed by atoms with Crippen LogP contribution in [0.15, 0.2) is 42.5 Å². The molecule has 0 radical (unpaired) electrons. The Labute approximate surface area is 149 Å². The first kappa shape index (κ1) is 15.1. The quantitative estimate of drug-likeness (QED) is 0.726. The third-order valence-corrected chi connectivity index (χ3v) is 4.82. The van der Waals surface area contributed by atoms with Gasteiger partial charge in [-0.3, -0.25) is 0 Å². The molecule has 4 nitrogen and oxygen atoms in total. The van der Waals surface area contributed by atoms with E-state index in [9.17, 15) is 0 Å². The van der Waals surface area contributed by atoms with Gasteiger partial charge in [0.15, 0.2) is 0 Å². The van der Waals surface area contributed by atoms with Crippen LogP contribution in [0.4, 0.5) is 5.82 Å². The first-order valence-corrected chi connectivity index (χ1v) is 8.24. The number of benzene rings is 2. The van der Waals surface area contributed by atoms with E-state index in [1.807, 2.05) is 28.9 Å². The maximum absolute atomic E-state index is 8.95. The van der Waals surface area contributed by atoms with Gasteiger partial charge in [0, 0.05) is 17.7 Å². The molecule has 24 heavy (non-hydrogen) atoms. The highest BCUT2D eigenvalue weighted by molar-refractivity contribution is 6.42. The lowest BCUT2D eigenvalue weighted by Crippen LogP contribution is -2.04. The van der Waals surface area contributed by atoms with E-state index in [1.165, 1.54) is 0 Å². The van der Waals surface area contributed by atoms with Gasteiger partial charge in [-0.15, -0.1) is 0 Å². The van der Waals surface area contributed by atoms with Crippen molar-refractivity contribution in [3.63, 3.8) is 0 Å². The van der Waals surface area contributed by atoms with Crippen LogP contribution in [0.5, 0.6) is 0 Å². The number of nitrogens with zero attached hydrogens (tertiary/aromatic N) is 3. The average Bonchev–Trinajstić information content (AvgIpc) is 3.20. The summed E-state index contributed by atoms with van der Waals surface area (Å²) in [7, 11) is 0. The van der Waals surface area contributed by atoms with Crippen LogP contribution in [-0.2, 0) is 6.42 Å². The summed E-state index contributed by atoms with van der Waals surface area (Å²) in [6, 6.07) is 15.0. The van der Waals surface area contributed by atoms with E-state index in [4.69, 9.17) is 33.6 Å². The zero-order valence-corrected chi connectivity index (χ0v) is 14.1. The summed E-state index contributed by atoms with van der Waals surface area (Å²) in [6.07, 6.45) is 0.904. The highest BCUT2D eigenvalue weighted by Crippen LogP contribution is 2.36. The number of aromatic nitrogens is 2. The largest absolute Gasteiger partial charge is 0.369 e. The van der Waals surface area contributed by atoms with Crippen molar-refractivity contribution in [1.29, 1.82) is 5.26 Å². The topological polar surface area (TPSA) is 53.6 Å². The third kappa shape index (κ3) is 2.43. The zero-order chi connectivity index (χ0) is 16.7. The van der Waals surface area contributed by atoms with Crippen molar-refractivity contribution in [3.8, 4) is 23.0 Å². The third-order valence-electron chi connectivity index (χ3n) is 4.08. The summed E-state index contributed by atoms with van der Waals surface area (Å²) in [5, 5.41) is 18.1. The molecule has 118 valence electrons. The lowest BCUT2D eigenvalue weighted by atomic mass is 10.1. The number of nitrogens with one attached hydrogen (secondary N) is 1. The summed E-state index contributed by atoms with van der Waals surface area (Å²) in [5.74, 6) is 0.987. The smallest absolute Gasteiger partial charge is 0.133 e. The van der Waals surface area contributed by atoms with Gasteiger partial charge in [-0.25, -0.2) is 4.68 Å². The molecular weight excluding hydrogens is 343 g/mol. The van der Waals surface area contributed by atoms with E-state index in [0.29, 0.717) is 15.6 Å². The van der Waals surface area contributed by atoms with E-state index in [-0.39, 0.29) is 0 Å². The van der Waals surface area contributed by atoms with Crippen molar-refractivity contribution >= 4 is 29.0 Å². The van der Waals surface area contributed by atoms with E-state index in [0.717, 1.165) is 41.3 Å². The molecule has 0 saturated carbocycles. The van der Waals surface area contributed by atoms with Crippen LogP contribution in [0.3, 0.4) is 0 Å². The van der Waals surface area contributed by atoms with Crippen molar-refractivity contribution in [3.05, 3.63) is 63.6 Å². The minimum atomic E-state index is 0.516. The molecule has 1 aliphatic rings. The Morgan fingerprint density at radius 3 is 2.58 bits per heavy atom. The minimum absolute atomic E-state index is 0.516. The second-order valence-electron chi connectivity index (χ2n) is 5.55. The van der Waals surface area contributed by atoms with Crippen molar-refractivity contribution in [2.75, 3.05) is 11.9 Å². The van der Waals surface area contributed by atoms with Gasteiger partial charge in [-0.1, -0.05) is 29.3 Å². The molecule has 1 N–H and O–H groups in total. The molecule has 0 bridgehead atoms. The highest BCUT2D eigenvalue weighted by atomic mass is 35.5. The molecule has 0 saturated heterocycles. The maximum atomic E-state index is 8.95. The summed E-state index contributed by atoms with van der Waals surface area (Å²) < 4.78 is 1.88.